The van der Waals surface area contributed by atoms with E-state index in [4.69, 9.17) is 9.47 Å². The minimum atomic E-state index is -4.48. The predicted octanol–water partition coefficient (Wildman–Crippen LogP) is 7.89. The van der Waals surface area contributed by atoms with Gasteiger partial charge in [-0.3, -0.25) is 0 Å². The van der Waals surface area contributed by atoms with E-state index in [2.05, 4.69) is 14.7 Å². The molecule has 1 aliphatic carbocycles. The number of hydrogen-bond acceptors (Lipinski definition) is 7. The van der Waals surface area contributed by atoms with Crippen LogP contribution in [0.5, 0.6) is 5.88 Å². The van der Waals surface area contributed by atoms with Gasteiger partial charge in [-0.1, -0.05) is 44.2 Å². The molecule has 1 unspecified atom stereocenters. The van der Waals surface area contributed by atoms with Gasteiger partial charge < -0.3 is 14.4 Å². The number of aryl methyl sites for hydroxylation is 2. The zero-order valence-electron chi connectivity index (χ0n) is 28.4. The molecule has 4 bridgehead atoms. The van der Waals surface area contributed by atoms with Crippen LogP contribution in [0.1, 0.15) is 68.6 Å². The van der Waals surface area contributed by atoms with Gasteiger partial charge in [-0.2, -0.15) is 18.2 Å². The SMILES string of the molecule is COC(=O)N1CCC2(CC1)CC(C1c3cccc(c3)S(=O)(=O)Nc3nc(cc(-c4c(C)cccc4C)n3)OC[C@H]1CC(C)(C)C(F)(F)F)C2. The Kier molecular flexibility index (Phi) is 9.13. The number of carbonyl (C=O) groups excluding carboxylic acids is 1. The van der Waals surface area contributed by atoms with Crippen LogP contribution in [-0.2, 0) is 14.8 Å². The molecule has 1 N–H and O–H groups in total. The number of nitrogens with one attached hydrogen (secondary N) is 1. The molecule has 6 rings (SSSR count). The average molecular weight is 701 g/mol. The molecule has 0 radical (unpaired) electrons. The number of nitrogens with zero attached hydrogens (tertiary/aromatic N) is 3. The third-order valence-corrected chi connectivity index (χ3v) is 12.2. The highest BCUT2D eigenvalue weighted by atomic mass is 32.2. The standard InChI is InChI=1S/C36H43F3N4O5S/c1-22-8-6-9-23(2)30(22)28-17-29-41-32(40-28)42-49(45,46)27-11-7-10-24(16-27)31(26(21-48-29)18-34(3,4)36(37,38)39)25-19-35(20-25)12-14-43(15-13-35)33(44)47-5/h6-11,16-17,25-26,31H,12-15,18-21H2,1-5H3,(H,40,41,42)/t26-,31?/m1/s1. The lowest BCUT2D eigenvalue weighted by Gasteiger charge is -2.55. The summed E-state index contributed by atoms with van der Waals surface area (Å²) in [6, 6.07) is 13.9. The smallest absolute Gasteiger partial charge is 0.409 e. The fraction of sp³-hybridized carbons (Fsp3) is 0.528. The Bertz CT molecular complexity index is 1810. The highest BCUT2D eigenvalue weighted by Gasteiger charge is 2.54. The summed E-state index contributed by atoms with van der Waals surface area (Å²) in [5.41, 5.74) is 1.61. The second-order valence-corrected chi connectivity index (χ2v) is 16.4. The van der Waals surface area contributed by atoms with E-state index in [-0.39, 0.29) is 47.2 Å². The first-order chi connectivity index (χ1) is 23.0. The van der Waals surface area contributed by atoms with Gasteiger partial charge in [0.25, 0.3) is 10.0 Å². The molecule has 1 aromatic heterocycles. The first-order valence-corrected chi connectivity index (χ1v) is 18.1. The van der Waals surface area contributed by atoms with E-state index in [1.54, 1.807) is 23.1 Å². The lowest BCUT2D eigenvalue weighted by atomic mass is 9.51. The fourth-order valence-electron chi connectivity index (χ4n) is 8.15. The molecule has 49 heavy (non-hydrogen) atoms. The number of carbonyl (C=O) groups is 1. The topological polar surface area (TPSA) is 111 Å². The number of aromatic nitrogens is 2. The van der Waals surface area contributed by atoms with Gasteiger partial charge in [-0.25, -0.2) is 22.9 Å². The van der Waals surface area contributed by atoms with Gasteiger partial charge in [0.15, 0.2) is 0 Å². The summed E-state index contributed by atoms with van der Waals surface area (Å²) < 4.78 is 84.8. The Balaban J connectivity index is 1.42. The number of likely N-dealkylation sites (tertiary alicyclic amines) is 1. The zero-order chi connectivity index (χ0) is 35.4. The van der Waals surface area contributed by atoms with Crippen molar-refractivity contribution in [3.8, 4) is 17.1 Å². The second kappa shape index (κ2) is 12.8. The van der Waals surface area contributed by atoms with Crippen LogP contribution in [-0.4, -0.2) is 62.4 Å². The minimum Gasteiger partial charge on any atom is -0.477 e. The van der Waals surface area contributed by atoms with Crippen molar-refractivity contribution in [2.45, 2.75) is 76.8 Å². The van der Waals surface area contributed by atoms with Gasteiger partial charge in [-0.05, 0) is 92.0 Å². The zero-order valence-corrected chi connectivity index (χ0v) is 29.2. The summed E-state index contributed by atoms with van der Waals surface area (Å²) in [4.78, 5) is 22.7. The number of benzene rings is 2. The van der Waals surface area contributed by atoms with E-state index in [1.807, 2.05) is 38.1 Å². The summed E-state index contributed by atoms with van der Waals surface area (Å²) in [5, 5.41) is 0. The summed E-state index contributed by atoms with van der Waals surface area (Å²) in [6.07, 6.45) is -2.05. The maximum absolute atomic E-state index is 14.5. The van der Waals surface area contributed by atoms with E-state index >= 15 is 0 Å². The Hall–Kier alpha value is -3.87. The van der Waals surface area contributed by atoms with Crippen LogP contribution in [0.2, 0.25) is 0 Å². The van der Waals surface area contributed by atoms with Gasteiger partial charge in [-0.15, -0.1) is 0 Å². The summed E-state index contributed by atoms with van der Waals surface area (Å²) in [5.74, 6) is -1.21. The Morgan fingerprint density at radius 2 is 1.69 bits per heavy atom. The molecule has 3 heterocycles. The maximum atomic E-state index is 14.5. The first-order valence-electron chi connectivity index (χ1n) is 16.6. The maximum Gasteiger partial charge on any atom is 0.409 e. The highest BCUT2D eigenvalue weighted by Crippen LogP contribution is 2.60. The fourth-order valence-corrected chi connectivity index (χ4v) is 9.15. The third kappa shape index (κ3) is 6.95. The molecule has 1 spiro atoms. The van der Waals surface area contributed by atoms with Gasteiger partial charge in [0, 0.05) is 30.6 Å². The van der Waals surface area contributed by atoms with Gasteiger partial charge in [0.2, 0.25) is 11.8 Å². The molecule has 264 valence electrons. The molecule has 3 aromatic rings. The van der Waals surface area contributed by atoms with Crippen LogP contribution < -0.4 is 9.46 Å². The summed E-state index contributed by atoms with van der Waals surface area (Å²) >= 11 is 0. The molecule has 2 fully saturated rings. The molecule has 13 heteroatoms. The molecular formula is C36H43F3N4O5S. The number of sulfonamides is 1. The Morgan fingerprint density at radius 3 is 2.33 bits per heavy atom. The number of alkyl halides is 3. The number of piperidine rings is 1. The molecule has 1 saturated carbocycles. The van der Waals surface area contributed by atoms with E-state index in [1.165, 1.54) is 27.0 Å². The van der Waals surface area contributed by atoms with Crippen molar-refractivity contribution in [2.24, 2.45) is 22.7 Å². The van der Waals surface area contributed by atoms with Crippen molar-refractivity contribution in [3.63, 3.8) is 0 Å². The van der Waals surface area contributed by atoms with Crippen molar-refractivity contribution >= 4 is 22.1 Å². The normalized spacial score (nSPS) is 22.2. The van der Waals surface area contributed by atoms with E-state index < -0.39 is 33.5 Å². The lowest BCUT2D eigenvalue weighted by Crippen LogP contribution is -2.51. The number of ether oxygens (including phenoxy) is 2. The van der Waals surface area contributed by atoms with Crippen LogP contribution >= 0.6 is 0 Å². The number of rotatable bonds is 4. The molecule has 1 saturated heterocycles. The van der Waals surface area contributed by atoms with Crippen LogP contribution in [0.4, 0.5) is 23.9 Å². The number of halogens is 3. The predicted molar refractivity (Wildman–Crippen MR) is 179 cm³/mol. The van der Waals surface area contributed by atoms with E-state index in [0.717, 1.165) is 42.4 Å². The van der Waals surface area contributed by atoms with Crippen molar-refractivity contribution < 1.29 is 35.9 Å². The number of anilines is 1. The quantitative estimate of drug-likeness (QED) is 0.295. The molecule has 2 atom stereocenters. The largest absolute Gasteiger partial charge is 0.477 e. The van der Waals surface area contributed by atoms with Crippen LogP contribution in [0.3, 0.4) is 0 Å². The van der Waals surface area contributed by atoms with E-state index in [9.17, 15) is 26.4 Å². The van der Waals surface area contributed by atoms with Gasteiger partial charge in [0.1, 0.15) is 0 Å². The molecule has 1 amide bonds. The molecule has 3 aliphatic rings. The van der Waals surface area contributed by atoms with Gasteiger partial charge >= 0.3 is 12.3 Å². The van der Waals surface area contributed by atoms with E-state index in [0.29, 0.717) is 24.3 Å². The van der Waals surface area contributed by atoms with Gasteiger partial charge in [0.05, 0.1) is 29.7 Å². The lowest BCUT2D eigenvalue weighted by molar-refractivity contribution is -0.219. The molecule has 2 aromatic carbocycles. The Morgan fingerprint density at radius 1 is 1.04 bits per heavy atom. The summed E-state index contributed by atoms with van der Waals surface area (Å²) in [7, 11) is -2.83. The second-order valence-electron chi connectivity index (χ2n) is 14.7. The minimum absolute atomic E-state index is 0.0200. The van der Waals surface area contributed by atoms with Crippen molar-refractivity contribution in [1.29, 1.82) is 0 Å². The van der Waals surface area contributed by atoms with Crippen molar-refractivity contribution in [1.82, 2.24) is 14.9 Å². The first kappa shape index (κ1) is 35.0. The summed E-state index contributed by atoms with van der Waals surface area (Å²) in [6.45, 7) is 7.29. The molecular weight excluding hydrogens is 657 g/mol. The van der Waals surface area contributed by atoms with Crippen molar-refractivity contribution in [2.75, 3.05) is 31.5 Å². The van der Waals surface area contributed by atoms with Crippen LogP contribution in [0, 0.1) is 36.5 Å². The molecule has 2 aliphatic heterocycles. The van der Waals surface area contributed by atoms with Crippen LogP contribution in [0.25, 0.3) is 11.3 Å². The Labute approximate surface area is 285 Å². The highest BCUT2D eigenvalue weighted by molar-refractivity contribution is 7.92. The van der Waals surface area contributed by atoms with Crippen LogP contribution in [0.15, 0.2) is 53.4 Å². The molecule has 9 nitrogen and oxygen atoms in total. The number of methoxy groups -OCH3 is 1. The number of amides is 1. The monoisotopic (exact) mass is 700 g/mol. The third-order valence-electron chi connectivity index (χ3n) is 10.9. The van der Waals surface area contributed by atoms with Crippen molar-refractivity contribution in [3.05, 3.63) is 65.2 Å². The number of hydrogen-bond donors (Lipinski definition) is 1. The number of fused-ring (bicyclic) bond motifs is 4. The average Bonchev–Trinajstić information content (AvgIpc) is 3.01.